The van der Waals surface area contributed by atoms with Crippen molar-refractivity contribution in [2.75, 3.05) is 11.4 Å². The third-order valence-corrected chi connectivity index (χ3v) is 5.60. The molecule has 4 heterocycles. The number of amides is 1. The molecular weight excluding hydrogens is 326 g/mol. The molecule has 0 bridgehead atoms. The lowest BCUT2D eigenvalue weighted by Gasteiger charge is -2.21. The number of aromatic nitrogens is 3. The Morgan fingerprint density at radius 3 is 2.85 bits per heavy atom. The Hall–Kier alpha value is -3.20. The maximum absolute atomic E-state index is 13.1. The quantitative estimate of drug-likeness (QED) is 0.732. The average Bonchev–Trinajstić information content (AvgIpc) is 3.35. The van der Waals surface area contributed by atoms with Crippen LogP contribution >= 0.6 is 0 Å². The summed E-state index contributed by atoms with van der Waals surface area (Å²) in [6.07, 6.45) is 9.76. The van der Waals surface area contributed by atoms with E-state index in [2.05, 4.69) is 16.2 Å². The Labute approximate surface area is 150 Å². The van der Waals surface area contributed by atoms with Gasteiger partial charge in [-0.25, -0.2) is 4.52 Å². The van der Waals surface area contributed by atoms with Crippen LogP contribution in [-0.4, -0.2) is 27.0 Å². The van der Waals surface area contributed by atoms with Gasteiger partial charge in [0.2, 0.25) is 5.91 Å². The molecule has 0 spiro atoms. The van der Waals surface area contributed by atoms with E-state index in [1.165, 1.54) is 0 Å². The van der Waals surface area contributed by atoms with Gasteiger partial charge < -0.3 is 4.90 Å². The highest BCUT2D eigenvalue weighted by molar-refractivity contribution is 6.05. The van der Waals surface area contributed by atoms with Gasteiger partial charge >= 0.3 is 0 Å². The first kappa shape index (κ1) is 15.1. The summed E-state index contributed by atoms with van der Waals surface area (Å²) in [5.41, 5.74) is 2.85. The largest absolute Gasteiger partial charge is 0.309 e. The van der Waals surface area contributed by atoms with Crippen LogP contribution in [0.15, 0.2) is 49.1 Å². The van der Waals surface area contributed by atoms with Crippen LogP contribution in [0.5, 0.6) is 0 Å². The number of nitriles is 1. The Morgan fingerprint density at radius 1 is 1.23 bits per heavy atom. The van der Waals surface area contributed by atoms with Gasteiger partial charge in [0, 0.05) is 42.5 Å². The van der Waals surface area contributed by atoms with E-state index in [0.717, 1.165) is 35.2 Å². The lowest BCUT2D eigenvalue weighted by Crippen LogP contribution is -2.35. The first-order valence-corrected chi connectivity index (χ1v) is 8.84. The summed E-state index contributed by atoms with van der Waals surface area (Å²) in [6.45, 7) is 0.579. The molecule has 0 unspecified atom stereocenters. The van der Waals surface area contributed by atoms with E-state index in [1.54, 1.807) is 21.8 Å². The van der Waals surface area contributed by atoms with Crippen LogP contribution in [0.2, 0.25) is 0 Å². The van der Waals surface area contributed by atoms with Crippen molar-refractivity contribution in [3.8, 4) is 17.2 Å². The van der Waals surface area contributed by atoms with Crippen molar-refractivity contribution < 1.29 is 4.79 Å². The van der Waals surface area contributed by atoms with Crippen LogP contribution in [0.25, 0.3) is 16.6 Å². The molecule has 2 fully saturated rings. The number of rotatable bonds is 3. The molecule has 6 heteroatoms. The van der Waals surface area contributed by atoms with Crippen molar-refractivity contribution in [3.63, 3.8) is 0 Å². The van der Waals surface area contributed by atoms with Crippen LogP contribution in [-0.2, 0) is 4.79 Å². The van der Waals surface area contributed by atoms with Gasteiger partial charge in [-0.1, -0.05) is 6.07 Å². The van der Waals surface area contributed by atoms with Crippen molar-refractivity contribution in [2.24, 2.45) is 11.3 Å². The summed E-state index contributed by atoms with van der Waals surface area (Å²) in [5, 5.41) is 14.1. The number of carbonyl (C=O) groups is 1. The summed E-state index contributed by atoms with van der Waals surface area (Å²) in [7, 11) is 0. The van der Waals surface area contributed by atoms with Gasteiger partial charge in [0.05, 0.1) is 17.3 Å². The highest BCUT2D eigenvalue weighted by Crippen LogP contribution is 2.52. The Kier molecular flexibility index (Phi) is 3.13. The number of nitrogens with zero attached hydrogens (tertiary/aromatic N) is 5. The summed E-state index contributed by atoms with van der Waals surface area (Å²) >= 11 is 0. The highest BCUT2D eigenvalue weighted by Gasteiger charge is 2.56. The maximum Gasteiger partial charge on any atom is 0.247 e. The molecule has 3 aromatic rings. The Morgan fingerprint density at radius 2 is 2.12 bits per heavy atom. The molecule has 1 saturated heterocycles. The number of pyridine rings is 1. The van der Waals surface area contributed by atoms with Crippen molar-refractivity contribution >= 4 is 17.1 Å². The minimum absolute atomic E-state index is 0.0558. The zero-order chi connectivity index (χ0) is 17.7. The van der Waals surface area contributed by atoms with Crippen molar-refractivity contribution in [1.82, 2.24) is 14.6 Å². The number of carbonyl (C=O) groups excluding carboxylic acids is 1. The molecule has 26 heavy (non-hydrogen) atoms. The number of fused-ring (bicyclic) bond motifs is 1. The van der Waals surface area contributed by atoms with Crippen LogP contribution in [0.1, 0.15) is 19.3 Å². The second kappa shape index (κ2) is 5.40. The van der Waals surface area contributed by atoms with E-state index >= 15 is 0 Å². The Bertz CT molecular complexity index is 1050. The van der Waals surface area contributed by atoms with Gasteiger partial charge in [-0.3, -0.25) is 9.78 Å². The molecular formula is C20H17N5O. The van der Waals surface area contributed by atoms with Gasteiger partial charge in [0.1, 0.15) is 5.41 Å². The van der Waals surface area contributed by atoms with Crippen LogP contribution in [0.4, 0.5) is 5.69 Å². The molecule has 128 valence electrons. The van der Waals surface area contributed by atoms with Gasteiger partial charge in [-0.05, 0) is 43.4 Å². The number of hydrogen-bond acceptors (Lipinski definition) is 4. The first-order valence-electron chi connectivity index (χ1n) is 8.84. The molecule has 3 aromatic heterocycles. The standard InChI is InChI=1S/C20H17N5O/c21-13-20(16-3-4-16)6-9-24(19(20)26)17-5-8-23-25-12-15(10-18(17)25)14-2-1-7-22-11-14/h1-2,5,7-8,10-12,16H,3-4,6,9H2/t20-/m1/s1. The van der Waals surface area contributed by atoms with E-state index in [9.17, 15) is 10.1 Å². The van der Waals surface area contributed by atoms with Crippen LogP contribution in [0.3, 0.4) is 0 Å². The van der Waals surface area contributed by atoms with Gasteiger partial charge in [0.25, 0.3) is 0 Å². The van der Waals surface area contributed by atoms with Gasteiger partial charge in [-0.15, -0.1) is 0 Å². The third-order valence-electron chi connectivity index (χ3n) is 5.60. The number of hydrogen-bond donors (Lipinski definition) is 0. The zero-order valence-electron chi connectivity index (χ0n) is 14.2. The predicted molar refractivity (Wildman–Crippen MR) is 96.2 cm³/mol. The Balaban J connectivity index is 1.59. The summed E-state index contributed by atoms with van der Waals surface area (Å²) in [5.74, 6) is 0.167. The van der Waals surface area contributed by atoms with E-state index in [-0.39, 0.29) is 11.8 Å². The molecule has 5 rings (SSSR count). The van der Waals surface area contributed by atoms with Crippen molar-refractivity contribution in [3.05, 3.63) is 49.1 Å². The highest BCUT2D eigenvalue weighted by atomic mass is 16.2. The number of anilines is 1. The zero-order valence-corrected chi connectivity index (χ0v) is 14.2. The predicted octanol–water partition coefficient (Wildman–Crippen LogP) is 3.05. The fraction of sp³-hybridized carbons (Fsp3) is 0.300. The van der Waals surface area contributed by atoms with Crippen LogP contribution < -0.4 is 4.90 Å². The lowest BCUT2D eigenvalue weighted by molar-refractivity contribution is -0.123. The second-order valence-corrected chi connectivity index (χ2v) is 7.08. The monoisotopic (exact) mass is 343 g/mol. The van der Waals surface area contributed by atoms with Crippen LogP contribution in [0, 0.1) is 22.7 Å². The topological polar surface area (TPSA) is 74.3 Å². The molecule has 1 atom stereocenters. The molecule has 1 aliphatic heterocycles. The minimum atomic E-state index is -0.834. The third kappa shape index (κ3) is 2.07. The van der Waals surface area contributed by atoms with E-state index in [1.807, 2.05) is 36.7 Å². The molecule has 1 aliphatic carbocycles. The fourth-order valence-corrected chi connectivity index (χ4v) is 4.04. The minimum Gasteiger partial charge on any atom is -0.309 e. The molecule has 1 amide bonds. The first-order chi connectivity index (χ1) is 12.7. The SMILES string of the molecule is N#C[C@@]1(C2CC2)CCN(c2ccnn3cc(-c4cccnc4)cc23)C1=O. The smallest absolute Gasteiger partial charge is 0.247 e. The lowest BCUT2D eigenvalue weighted by atomic mass is 9.83. The summed E-state index contributed by atoms with van der Waals surface area (Å²) in [6, 6.07) is 10.1. The molecule has 0 N–H and O–H groups in total. The van der Waals surface area contributed by atoms with Crippen molar-refractivity contribution in [1.29, 1.82) is 5.26 Å². The molecule has 2 aliphatic rings. The van der Waals surface area contributed by atoms with Gasteiger partial charge in [0.15, 0.2) is 0 Å². The molecule has 0 aromatic carbocycles. The molecule has 1 saturated carbocycles. The fourth-order valence-electron chi connectivity index (χ4n) is 4.04. The van der Waals surface area contributed by atoms with E-state index < -0.39 is 5.41 Å². The average molecular weight is 343 g/mol. The summed E-state index contributed by atoms with van der Waals surface area (Å²) < 4.78 is 1.79. The molecule has 0 radical (unpaired) electrons. The van der Waals surface area contributed by atoms with E-state index in [4.69, 9.17) is 0 Å². The summed E-state index contributed by atoms with van der Waals surface area (Å²) in [4.78, 5) is 19.1. The van der Waals surface area contributed by atoms with Gasteiger partial charge in [-0.2, -0.15) is 10.4 Å². The van der Waals surface area contributed by atoms with E-state index in [0.29, 0.717) is 13.0 Å². The normalized spacial score (nSPS) is 22.7. The maximum atomic E-state index is 13.1. The molecule has 6 nitrogen and oxygen atoms in total. The second-order valence-electron chi connectivity index (χ2n) is 7.08. The van der Waals surface area contributed by atoms with Crippen molar-refractivity contribution in [2.45, 2.75) is 19.3 Å².